The van der Waals surface area contributed by atoms with E-state index in [4.69, 9.17) is 9.84 Å². The number of ether oxygens (including phenoxy) is 3. The van der Waals surface area contributed by atoms with Gasteiger partial charge in [0.15, 0.2) is 0 Å². The van der Waals surface area contributed by atoms with Crippen LogP contribution in [0.15, 0.2) is 49.8 Å². The zero-order valence-electron chi connectivity index (χ0n) is 19.1. The van der Waals surface area contributed by atoms with E-state index in [9.17, 15) is 19.2 Å². The van der Waals surface area contributed by atoms with E-state index in [1.54, 1.807) is 6.92 Å². The molecule has 8 nitrogen and oxygen atoms in total. The van der Waals surface area contributed by atoms with E-state index in [-0.39, 0.29) is 17.5 Å². The van der Waals surface area contributed by atoms with Crippen molar-refractivity contribution in [2.24, 2.45) is 5.92 Å². The van der Waals surface area contributed by atoms with Gasteiger partial charge in [-0.2, -0.15) is 0 Å². The van der Waals surface area contributed by atoms with Crippen LogP contribution in [-0.4, -0.2) is 42.2 Å². The van der Waals surface area contributed by atoms with Gasteiger partial charge in [0, 0.05) is 19.1 Å². The largest absolute Gasteiger partial charge is 0.478 e. The Labute approximate surface area is 185 Å². The topological polar surface area (TPSA) is 116 Å². The molecule has 0 rings (SSSR count). The third-order valence-electron chi connectivity index (χ3n) is 3.39. The molecule has 0 heterocycles. The van der Waals surface area contributed by atoms with Crippen LogP contribution in [0.3, 0.4) is 0 Å². The van der Waals surface area contributed by atoms with Gasteiger partial charge in [0.2, 0.25) is 0 Å². The van der Waals surface area contributed by atoms with Gasteiger partial charge in [0.1, 0.15) is 0 Å². The lowest BCUT2D eigenvalue weighted by molar-refractivity contribution is -0.140. The Morgan fingerprint density at radius 3 is 1.97 bits per heavy atom. The highest BCUT2D eigenvalue weighted by Gasteiger charge is 2.11. The van der Waals surface area contributed by atoms with E-state index in [1.165, 1.54) is 6.92 Å². The third-order valence-corrected chi connectivity index (χ3v) is 3.39. The molecule has 8 heteroatoms. The summed E-state index contributed by atoms with van der Waals surface area (Å²) in [4.78, 5) is 41.6. The van der Waals surface area contributed by atoms with Crippen LogP contribution >= 0.6 is 0 Å². The monoisotopic (exact) mass is 440 g/mol. The van der Waals surface area contributed by atoms with Crippen molar-refractivity contribution in [1.29, 1.82) is 0 Å². The van der Waals surface area contributed by atoms with Crippen LogP contribution in [0.4, 0.5) is 0 Å². The molecule has 176 valence electrons. The van der Waals surface area contributed by atoms with Gasteiger partial charge in [-0.25, -0.2) is 14.4 Å². The van der Waals surface area contributed by atoms with Gasteiger partial charge in [-0.15, -0.1) is 0 Å². The Morgan fingerprint density at radius 1 is 1.03 bits per heavy atom. The van der Waals surface area contributed by atoms with Crippen molar-refractivity contribution < 1.29 is 38.5 Å². The summed E-state index contributed by atoms with van der Waals surface area (Å²) < 4.78 is 13.7. The van der Waals surface area contributed by atoms with Crippen LogP contribution in [0.5, 0.6) is 0 Å². The minimum absolute atomic E-state index is 0.0581. The fourth-order valence-electron chi connectivity index (χ4n) is 1.74. The van der Waals surface area contributed by atoms with Gasteiger partial charge in [-0.1, -0.05) is 52.8 Å². The first-order chi connectivity index (χ1) is 14.6. The highest BCUT2D eigenvalue weighted by atomic mass is 16.5. The molecule has 0 fully saturated rings. The molecule has 1 N–H and O–H groups in total. The molecule has 1 unspecified atom stereocenters. The Hall–Kier alpha value is -3.16. The minimum Gasteiger partial charge on any atom is -0.478 e. The maximum Gasteiger partial charge on any atom is 0.337 e. The van der Waals surface area contributed by atoms with E-state index in [0.717, 1.165) is 50.2 Å². The van der Waals surface area contributed by atoms with Gasteiger partial charge < -0.3 is 19.3 Å². The highest BCUT2D eigenvalue weighted by molar-refractivity contribution is 5.93. The standard InChI is InChI=1S/C14H22O4.C5H8O2.C4H6O2/c1-4-6-7-12(5-2)10-18-14(17)11(3)8-9-13(15)16;1-3-5(6)7-4-2;1-3-6-4(2)5/h8-9,12H,3-7,10H2,1-2H3,(H,15,16);3H,1,4H2,2H3;3H,1H2,2H3. The molecule has 0 aliphatic carbocycles. The summed E-state index contributed by atoms with van der Waals surface area (Å²) in [5.74, 6) is -1.99. The molecule has 31 heavy (non-hydrogen) atoms. The lowest BCUT2D eigenvalue weighted by atomic mass is 10.0. The molecule has 0 saturated carbocycles. The maximum atomic E-state index is 11.5. The number of carboxylic acid groups (broad SMARTS) is 1. The molecule has 0 aromatic rings. The average Bonchev–Trinajstić information content (AvgIpc) is 2.72. The molecule has 1 atom stereocenters. The Balaban J connectivity index is -0.000000492. The lowest BCUT2D eigenvalue weighted by Crippen LogP contribution is -2.14. The zero-order valence-corrected chi connectivity index (χ0v) is 19.1. The molecule has 0 aliphatic heterocycles. The highest BCUT2D eigenvalue weighted by Crippen LogP contribution is 2.13. The van der Waals surface area contributed by atoms with Gasteiger partial charge >= 0.3 is 23.9 Å². The molecule has 0 bridgehead atoms. The Kier molecular flexibility index (Phi) is 24.2. The minimum atomic E-state index is -1.11. The fourth-order valence-corrected chi connectivity index (χ4v) is 1.74. The quantitative estimate of drug-likeness (QED) is 0.156. The first kappa shape index (κ1) is 32.5. The van der Waals surface area contributed by atoms with E-state index in [2.05, 4.69) is 43.1 Å². The number of aliphatic carboxylic acids is 1. The third kappa shape index (κ3) is 26.8. The second-order valence-electron chi connectivity index (χ2n) is 5.94. The summed E-state index contributed by atoms with van der Waals surface area (Å²) in [5.41, 5.74) is 0.0581. The van der Waals surface area contributed by atoms with E-state index in [0.29, 0.717) is 19.1 Å². The molecule has 0 aliphatic rings. The number of hydrogen-bond acceptors (Lipinski definition) is 7. The number of carboxylic acids is 1. The van der Waals surface area contributed by atoms with Gasteiger partial charge in [-0.05, 0) is 25.3 Å². The van der Waals surface area contributed by atoms with Crippen LogP contribution in [0, 0.1) is 5.92 Å². The first-order valence-corrected chi connectivity index (χ1v) is 9.93. The van der Waals surface area contributed by atoms with Crippen LogP contribution in [0.2, 0.25) is 0 Å². The number of rotatable bonds is 12. The number of esters is 3. The number of unbranched alkanes of at least 4 members (excludes halogenated alkanes) is 1. The Morgan fingerprint density at radius 2 is 1.65 bits per heavy atom. The second-order valence-corrected chi connectivity index (χ2v) is 5.94. The van der Waals surface area contributed by atoms with Crippen LogP contribution in [0.1, 0.15) is 53.4 Å². The van der Waals surface area contributed by atoms with E-state index in [1.807, 2.05) is 0 Å². The van der Waals surface area contributed by atoms with Crippen molar-refractivity contribution >= 4 is 23.9 Å². The normalized spacial score (nSPS) is 10.2. The summed E-state index contributed by atoms with van der Waals surface area (Å²) in [6, 6.07) is 0. The molecular formula is C23H36O8. The summed E-state index contributed by atoms with van der Waals surface area (Å²) in [5, 5.41) is 8.42. The van der Waals surface area contributed by atoms with Crippen LogP contribution in [0.25, 0.3) is 0 Å². The lowest BCUT2D eigenvalue weighted by Gasteiger charge is -2.14. The summed E-state index contributed by atoms with van der Waals surface area (Å²) in [7, 11) is 0. The van der Waals surface area contributed by atoms with Crippen LogP contribution in [-0.2, 0) is 33.4 Å². The zero-order chi connectivity index (χ0) is 24.7. The molecular weight excluding hydrogens is 404 g/mol. The maximum absolute atomic E-state index is 11.5. The molecule has 0 radical (unpaired) electrons. The number of carbonyl (C=O) groups excluding carboxylic acids is 3. The van der Waals surface area contributed by atoms with Crippen molar-refractivity contribution in [3.63, 3.8) is 0 Å². The summed E-state index contributed by atoms with van der Waals surface area (Å²) in [6.45, 7) is 17.9. The van der Waals surface area contributed by atoms with E-state index < -0.39 is 11.9 Å². The predicted octanol–water partition coefficient (Wildman–Crippen LogP) is 4.37. The smallest absolute Gasteiger partial charge is 0.337 e. The molecule has 0 amide bonds. The second kappa shape index (κ2) is 23.1. The summed E-state index contributed by atoms with van der Waals surface area (Å²) >= 11 is 0. The van der Waals surface area contributed by atoms with Gasteiger partial charge in [0.25, 0.3) is 0 Å². The van der Waals surface area contributed by atoms with Crippen LogP contribution < -0.4 is 0 Å². The van der Waals surface area contributed by atoms with Crippen molar-refractivity contribution in [2.45, 2.75) is 53.4 Å². The number of carbonyl (C=O) groups is 4. The van der Waals surface area contributed by atoms with Crippen molar-refractivity contribution in [3.8, 4) is 0 Å². The van der Waals surface area contributed by atoms with Crippen molar-refractivity contribution in [1.82, 2.24) is 0 Å². The molecule has 0 aromatic heterocycles. The van der Waals surface area contributed by atoms with Crippen molar-refractivity contribution in [3.05, 3.63) is 49.8 Å². The first-order valence-electron chi connectivity index (χ1n) is 9.93. The van der Waals surface area contributed by atoms with Gasteiger partial charge in [-0.3, -0.25) is 4.79 Å². The average molecular weight is 441 g/mol. The molecule has 0 aromatic carbocycles. The molecule has 0 spiro atoms. The summed E-state index contributed by atoms with van der Waals surface area (Å²) in [6.07, 6.45) is 8.51. The number of hydrogen-bond donors (Lipinski definition) is 1. The fraction of sp³-hybridized carbons (Fsp3) is 0.478. The van der Waals surface area contributed by atoms with Crippen molar-refractivity contribution in [2.75, 3.05) is 13.2 Å². The van der Waals surface area contributed by atoms with E-state index >= 15 is 0 Å². The van der Waals surface area contributed by atoms with Gasteiger partial charge in [0.05, 0.1) is 25.0 Å². The SMILES string of the molecule is C=C(C=CC(=O)O)C(=O)OCC(CC)CCCC.C=CC(=O)OCC.C=COC(C)=O. The molecule has 0 saturated heterocycles. The predicted molar refractivity (Wildman–Crippen MR) is 119 cm³/mol. The Bertz CT molecular complexity index is 605.